The molecule has 4 aromatic heterocycles. The largest absolute Gasteiger partial charge is 0.487 e. The van der Waals surface area contributed by atoms with E-state index in [9.17, 15) is 4.79 Å². The lowest BCUT2D eigenvalue weighted by Crippen LogP contribution is -2.17. The van der Waals surface area contributed by atoms with Crippen LogP contribution in [-0.4, -0.2) is 39.3 Å². The molecule has 1 aromatic carbocycles. The van der Waals surface area contributed by atoms with Crippen LogP contribution in [0.1, 0.15) is 5.69 Å². The monoisotopic (exact) mass is 400 g/mol. The summed E-state index contributed by atoms with van der Waals surface area (Å²) in [6.45, 7) is 0.0456. The predicted molar refractivity (Wildman–Crippen MR) is 108 cm³/mol. The zero-order valence-corrected chi connectivity index (χ0v) is 16.0. The molecule has 0 radical (unpaired) electrons. The van der Waals surface area contributed by atoms with Crippen molar-refractivity contribution >= 4 is 10.9 Å². The van der Waals surface area contributed by atoms with Crippen molar-refractivity contribution in [2.24, 2.45) is 7.05 Å². The van der Waals surface area contributed by atoms with Crippen LogP contribution in [0.3, 0.4) is 0 Å². The van der Waals surface area contributed by atoms with E-state index in [-0.39, 0.29) is 12.0 Å². The highest BCUT2D eigenvalue weighted by Gasteiger charge is 2.08. The molecule has 0 aliphatic carbocycles. The number of nitrogens with zero attached hydrogens (tertiary/aromatic N) is 8. The molecular weight excluding hydrogens is 384 g/mol. The average molecular weight is 400 g/mol. The van der Waals surface area contributed by atoms with Crippen molar-refractivity contribution in [3.63, 3.8) is 0 Å². The highest BCUT2D eigenvalue weighted by Crippen LogP contribution is 2.22. The van der Waals surface area contributed by atoms with Gasteiger partial charge < -0.3 is 4.74 Å². The maximum Gasteiger partial charge on any atom is 0.206 e. The lowest BCUT2D eigenvalue weighted by Gasteiger charge is -2.09. The van der Waals surface area contributed by atoms with Gasteiger partial charge >= 0.3 is 0 Å². The number of hydrogen-bond donors (Lipinski definition) is 0. The molecule has 10 nitrogen and oxygen atoms in total. The molecule has 0 fully saturated rings. The Bertz CT molecular complexity index is 1390. The molecule has 0 amide bonds. The van der Waals surface area contributed by atoms with Gasteiger partial charge in [-0.1, -0.05) is 0 Å². The number of aryl methyl sites for hydroxylation is 1. The SMILES string of the molecule is Cn1cc(-n2ccc(=O)c(COc3ccc4ncc(-n5cnnc5)cc4c3)n2)cn1. The van der Waals surface area contributed by atoms with Gasteiger partial charge in [-0.05, 0) is 24.3 Å². The van der Waals surface area contributed by atoms with Gasteiger partial charge in [0.15, 0.2) is 0 Å². The first-order chi connectivity index (χ1) is 14.7. The van der Waals surface area contributed by atoms with E-state index in [0.29, 0.717) is 11.4 Å². The molecule has 0 unspecified atom stereocenters. The normalized spacial score (nSPS) is 11.1. The smallest absolute Gasteiger partial charge is 0.206 e. The summed E-state index contributed by atoms with van der Waals surface area (Å²) in [6, 6.07) is 8.99. The second-order valence-corrected chi connectivity index (χ2v) is 6.65. The quantitative estimate of drug-likeness (QED) is 0.442. The third-order valence-electron chi connectivity index (χ3n) is 4.57. The second kappa shape index (κ2) is 7.24. The van der Waals surface area contributed by atoms with E-state index in [1.54, 1.807) is 45.2 Å². The van der Waals surface area contributed by atoms with Crippen molar-refractivity contribution in [3.8, 4) is 17.1 Å². The van der Waals surface area contributed by atoms with Crippen molar-refractivity contribution in [2.75, 3.05) is 0 Å². The van der Waals surface area contributed by atoms with Crippen LogP contribution in [0.25, 0.3) is 22.3 Å². The zero-order chi connectivity index (χ0) is 20.5. The standard InChI is InChI=1S/C20H16N8O2/c1-26-10-16(9-24-26)28-5-4-20(29)19(25-28)11-30-17-2-3-18-14(7-17)6-15(8-21-18)27-12-22-23-13-27/h2-10,12-13H,11H2,1H3. The summed E-state index contributed by atoms with van der Waals surface area (Å²) in [6.07, 6.45) is 10.1. The summed E-state index contributed by atoms with van der Waals surface area (Å²) >= 11 is 0. The van der Waals surface area contributed by atoms with E-state index in [1.165, 1.54) is 6.07 Å². The Hall–Kier alpha value is -4.34. The van der Waals surface area contributed by atoms with Crippen molar-refractivity contribution < 1.29 is 4.74 Å². The molecule has 148 valence electrons. The summed E-state index contributed by atoms with van der Waals surface area (Å²) in [4.78, 5) is 16.7. The third-order valence-corrected chi connectivity index (χ3v) is 4.57. The molecule has 30 heavy (non-hydrogen) atoms. The number of benzene rings is 1. The van der Waals surface area contributed by atoms with Gasteiger partial charge in [-0.2, -0.15) is 10.2 Å². The lowest BCUT2D eigenvalue weighted by molar-refractivity contribution is 0.298. The highest BCUT2D eigenvalue weighted by atomic mass is 16.5. The van der Waals surface area contributed by atoms with Gasteiger partial charge in [-0.15, -0.1) is 10.2 Å². The molecule has 0 spiro atoms. The van der Waals surface area contributed by atoms with Crippen molar-refractivity contribution in [2.45, 2.75) is 6.61 Å². The first kappa shape index (κ1) is 17.7. The third kappa shape index (κ3) is 3.41. The Balaban J connectivity index is 1.40. The fourth-order valence-electron chi connectivity index (χ4n) is 3.03. The van der Waals surface area contributed by atoms with Gasteiger partial charge in [0.05, 0.1) is 29.8 Å². The minimum absolute atomic E-state index is 0.0456. The molecule has 0 saturated heterocycles. The molecule has 10 heteroatoms. The number of pyridine rings is 1. The Morgan fingerprint density at radius 3 is 2.70 bits per heavy atom. The number of ether oxygens (including phenoxy) is 1. The summed E-state index contributed by atoms with van der Waals surface area (Å²) in [5.41, 5.74) is 2.55. The van der Waals surface area contributed by atoms with E-state index >= 15 is 0 Å². The van der Waals surface area contributed by atoms with Gasteiger partial charge in [0.25, 0.3) is 0 Å². The van der Waals surface area contributed by atoms with Gasteiger partial charge in [0.2, 0.25) is 5.43 Å². The van der Waals surface area contributed by atoms with Crippen LogP contribution >= 0.6 is 0 Å². The fourth-order valence-corrected chi connectivity index (χ4v) is 3.03. The van der Waals surface area contributed by atoms with Gasteiger partial charge in [-0.25, -0.2) is 4.68 Å². The van der Waals surface area contributed by atoms with Crippen LogP contribution in [0.2, 0.25) is 0 Å². The molecule has 0 N–H and O–H groups in total. The molecular formula is C20H16N8O2. The summed E-state index contributed by atoms with van der Waals surface area (Å²) < 4.78 is 10.9. The van der Waals surface area contributed by atoms with Gasteiger partial charge in [-0.3, -0.25) is 19.0 Å². The van der Waals surface area contributed by atoms with Crippen molar-refractivity contribution in [1.82, 2.24) is 39.3 Å². The number of aromatic nitrogens is 8. The minimum atomic E-state index is -0.188. The lowest BCUT2D eigenvalue weighted by atomic mass is 10.2. The number of fused-ring (bicyclic) bond motifs is 1. The van der Waals surface area contributed by atoms with Gasteiger partial charge in [0, 0.05) is 24.7 Å². The molecule has 0 aliphatic rings. The Morgan fingerprint density at radius 1 is 1.03 bits per heavy atom. The van der Waals surface area contributed by atoms with Gasteiger partial charge in [0.1, 0.15) is 36.4 Å². The number of hydrogen-bond acceptors (Lipinski definition) is 7. The van der Waals surface area contributed by atoms with Crippen LogP contribution in [-0.2, 0) is 13.7 Å². The first-order valence-electron chi connectivity index (χ1n) is 9.11. The van der Waals surface area contributed by atoms with Crippen LogP contribution in [0.5, 0.6) is 5.75 Å². The molecule has 5 rings (SSSR count). The maximum atomic E-state index is 12.2. The highest BCUT2D eigenvalue weighted by molar-refractivity contribution is 5.81. The molecule has 4 heterocycles. The molecule has 0 saturated carbocycles. The second-order valence-electron chi connectivity index (χ2n) is 6.65. The van der Waals surface area contributed by atoms with Crippen LogP contribution in [0, 0.1) is 0 Å². The van der Waals surface area contributed by atoms with E-state index in [1.807, 2.05) is 37.5 Å². The molecule has 0 atom stereocenters. The Labute approximate surface area is 170 Å². The van der Waals surface area contributed by atoms with Crippen LogP contribution in [0.4, 0.5) is 0 Å². The summed E-state index contributed by atoms with van der Waals surface area (Å²) in [7, 11) is 1.82. The minimum Gasteiger partial charge on any atom is -0.487 e. The van der Waals surface area contributed by atoms with E-state index in [4.69, 9.17) is 4.74 Å². The Morgan fingerprint density at radius 2 is 1.90 bits per heavy atom. The first-order valence-corrected chi connectivity index (χ1v) is 9.11. The molecule has 0 bridgehead atoms. The van der Waals surface area contributed by atoms with Crippen LogP contribution in [0.15, 0.2) is 72.6 Å². The fraction of sp³-hybridized carbons (Fsp3) is 0.100. The molecule has 5 aromatic rings. The van der Waals surface area contributed by atoms with E-state index in [2.05, 4.69) is 25.4 Å². The Kier molecular flexibility index (Phi) is 4.28. The summed E-state index contributed by atoms with van der Waals surface area (Å²) in [5.74, 6) is 0.614. The summed E-state index contributed by atoms with van der Waals surface area (Å²) in [5, 5.41) is 17.0. The zero-order valence-electron chi connectivity index (χ0n) is 16.0. The number of rotatable bonds is 5. The maximum absolute atomic E-state index is 12.2. The van der Waals surface area contributed by atoms with Crippen molar-refractivity contribution in [3.05, 3.63) is 83.7 Å². The van der Waals surface area contributed by atoms with E-state index < -0.39 is 0 Å². The van der Waals surface area contributed by atoms with E-state index in [0.717, 1.165) is 22.3 Å². The topological polar surface area (TPSA) is 106 Å². The molecule has 0 aliphatic heterocycles. The van der Waals surface area contributed by atoms with Crippen molar-refractivity contribution in [1.29, 1.82) is 0 Å². The average Bonchev–Trinajstić information content (AvgIpc) is 3.45. The van der Waals surface area contributed by atoms with Crippen LogP contribution < -0.4 is 10.2 Å². The predicted octanol–water partition coefficient (Wildman–Crippen LogP) is 1.67.